The molecule has 0 nitrogen and oxygen atoms in total. The number of rotatable bonds is 3. The molecular weight excluding hydrogens is 227 g/mol. The second-order valence-corrected chi connectivity index (χ2v) is 4.53. The van der Waals surface area contributed by atoms with E-state index >= 15 is 0 Å². The van der Waals surface area contributed by atoms with Crippen LogP contribution in [0.4, 0.5) is 0 Å². The fraction of sp³-hybridized carbons (Fsp3) is 0.538. The topological polar surface area (TPSA) is 0 Å². The standard InChI is InChI=1S/C7H6Cl2.C6H14/c1-5-2-6(8)4-7(9)3-5;1-3-5-6-4-2/h2-4H,1H3;3-6H2,1-2H3. The Balaban J connectivity index is 0.000000288. The number of unbranched alkanes of at least 4 members (excludes halogenated alkanes) is 3. The Bertz CT molecular complexity index is 215. The average Bonchev–Trinajstić information content (AvgIpc) is 2.13. The summed E-state index contributed by atoms with van der Waals surface area (Å²) in [5.74, 6) is 0. The monoisotopic (exact) mass is 246 g/mol. The Morgan fingerprint density at radius 3 is 1.53 bits per heavy atom. The lowest BCUT2D eigenvalue weighted by Gasteiger charge is -1.93. The summed E-state index contributed by atoms with van der Waals surface area (Å²) in [6.45, 7) is 6.42. The van der Waals surface area contributed by atoms with E-state index in [1.54, 1.807) is 6.07 Å². The van der Waals surface area contributed by atoms with E-state index < -0.39 is 0 Å². The lowest BCUT2D eigenvalue weighted by molar-refractivity contribution is 0.702. The van der Waals surface area contributed by atoms with E-state index in [9.17, 15) is 0 Å². The Kier molecular flexibility index (Phi) is 8.94. The third-order valence-electron chi connectivity index (χ3n) is 1.96. The molecule has 0 unspecified atom stereocenters. The molecule has 86 valence electrons. The van der Waals surface area contributed by atoms with Crippen LogP contribution >= 0.6 is 23.2 Å². The Morgan fingerprint density at radius 2 is 1.27 bits per heavy atom. The summed E-state index contributed by atoms with van der Waals surface area (Å²) in [5.41, 5.74) is 1.09. The summed E-state index contributed by atoms with van der Waals surface area (Å²) in [7, 11) is 0. The van der Waals surface area contributed by atoms with E-state index in [0.717, 1.165) is 5.56 Å². The molecule has 0 aliphatic heterocycles. The van der Waals surface area contributed by atoms with E-state index in [1.165, 1.54) is 25.7 Å². The zero-order valence-electron chi connectivity index (χ0n) is 9.82. The van der Waals surface area contributed by atoms with Crippen molar-refractivity contribution >= 4 is 23.2 Å². The number of hydrogen-bond donors (Lipinski definition) is 0. The van der Waals surface area contributed by atoms with Gasteiger partial charge in [-0.15, -0.1) is 0 Å². The molecule has 0 fully saturated rings. The molecule has 1 aromatic rings. The predicted octanol–water partition coefficient (Wildman–Crippen LogP) is 5.89. The predicted molar refractivity (Wildman–Crippen MR) is 71.0 cm³/mol. The van der Waals surface area contributed by atoms with Crippen molar-refractivity contribution in [2.75, 3.05) is 0 Å². The van der Waals surface area contributed by atoms with Gasteiger partial charge in [-0.25, -0.2) is 0 Å². The van der Waals surface area contributed by atoms with Crippen molar-refractivity contribution in [2.24, 2.45) is 0 Å². The van der Waals surface area contributed by atoms with Gasteiger partial charge in [0.25, 0.3) is 0 Å². The molecule has 0 N–H and O–H groups in total. The maximum Gasteiger partial charge on any atom is 0.0423 e. The molecule has 1 rings (SSSR count). The molecular formula is C13H20Cl2. The van der Waals surface area contributed by atoms with Crippen LogP contribution < -0.4 is 0 Å². The van der Waals surface area contributed by atoms with Gasteiger partial charge in [0.05, 0.1) is 0 Å². The molecule has 0 saturated carbocycles. The molecule has 15 heavy (non-hydrogen) atoms. The SMILES string of the molecule is CCCCCC.Cc1cc(Cl)cc(Cl)c1. The first-order valence-electron chi connectivity index (χ1n) is 5.52. The summed E-state index contributed by atoms with van der Waals surface area (Å²) in [5, 5.41) is 1.39. The van der Waals surface area contributed by atoms with Crippen LogP contribution in [0.3, 0.4) is 0 Å². The van der Waals surface area contributed by atoms with Crippen molar-refractivity contribution in [1.29, 1.82) is 0 Å². The van der Waals surface area contributed by atoms with E-state index in [-0.39, 0.29) is 0 Å². The third-order valence-corrected chi connectivity index (χ3v) is 2.40. The van der Waals surface area contributed by atoms with Crippen LogP contribution in [-0.4, -0.2) is 0 Å². The maximum absolute atomic E-state index is 5.67. The summed E-state index contributed by atoms with van der Waals surface area (Å²) >= 11 is 11.3. The quantitative estimate of drug-likeness (QED) is 0.584. The number of hydrogen-bond acceptors (Lipinski definition) is 0. The Labute approximate surface area is 104 Å². The minimum absolute atomic E-state index is 0.694. The number of aryl methyl sites for hydroxylation is 1. The van der Waals surface area contributed by atoms with Gasteiger partial charge in [0.2, 0.25) is 0 Å². The van der Waals surface area contributed by atoms with Crippen LogP contribution in [0.1, 0.15) is 45.1 Å². The van der Waals surface area contributed by atoms with Gasteiger partial charge < -0.3 is 0 Å². The number of halogens is 2. The van der Waals surface area contributed by atoms with Gasteiger partial charge in [-0.3, -0.25) is 0 Å². The average molecular weight is 247 g/mol. The molecule has 0 heterocycles. The molecule has 0 aliphatic rings. The van der Waals surface area contributed by atoms with Gasteiger partial charge in [-0.1, -0.05) is 62.7 Å². The molecule has 0 radical (unpaired) electrons. The highest BCUT2D eigenvalue weighted by molar-refractivity contribution is 6.34. The Morgan fingerprint density at radius 1 is 0.867 bits per heavy atom. The first-order valence-corrected chi connectivity index (χ1v) is 6.28. The molecule has 0 aromatic heterocycles. The lowest BCUT2D eigenvalue weighted by Crippen LogP contribution is -1.70. The van der Waals surface area contributed by atoms with Crippen molar-refractivity contribution in [1.82, 2.24) is 0 Å². The van der Waals surface area contributed by atoms with Gasteiger partial charge in [0, 0.05) is 10.0 Å². The van der Waals surface area contributed by atoms with Crippen LogP contribution in [0, 0.1) is 6.92 Å². The zero-order valence-corrected chi connectivity index (χ0v) is 11.3. The molecule has 0 atom stereocenters. The minimum Gasteiger partial charge on any atom is -0.0843 e. The first-order chi connectivity index (χ1) is 7.10. The highest BCUT2D eigenvalue weighted by Gasteiger charge is 1.91. The molecule has 2 heteroatoms. The van der Waals surface area contributed by atoms with Gasteiger partial charge in [0.1, 0.15) is 0 Å². The van der Waals surface area contributed by atoms with Gasteiger partial charge >= 0.3 is 0 Å². The summed E-state index contributed by atoms with van der Waals surface area (Å²) in [4.78, 5) is 0. The molecule has 0 spiro atoms. The molecule has 0 bridgehead atoms. The molecule has 0 amide bonds. The van der Waals surface area contributed by atoms with Crippen molar-refractivity contribution < 1.29 is 0 Å². The van der Waals surface area contributed by atoms with Crippen molar-refractivity contribution in [3.63, 3.8) is 0 Å². The largest absolute Gasteiger partial charge is 0.0843 e. The van der Waals surface area contributed by atoms with Crippen LogP contribution in [0.25, 0.3) is 0 Å². The summed E-state index contributed by atoms with van der Waals surface area (Å²) < 4.78 is 0. The number of benzene rings is 1. The highest BCUT2D eigenvalue weighted by atomic mass is 35.5. The smallest absolute Gasteiger partial charge is 0.0423 e. The molecule has 1 aromatic carbocycles. The van der Waals surface area contributed by atoms with E-state index in [4.69, 9.17) is 23.2 Å². The molecule has 0 aliphatic carbocycles. The van der Waals surface area contributed by atoms with E-state index in [2.05, 4.69) is 13.8 Å². The van der Waals surface area contributed by atoms with E-state index in [1.807, 2.05) is 19.1 Å². The summed E-state index contributed by atoms with van der Waals surface area (Å²) in [6, 6.07) is 5.46. The van der Waals surface area contributed by atoms with Crippen molar-refractivity contribution in [3.05, 3.63) is 33.8 Å². The maximum atomic E-state index is 5.67. The van der Waals surface area contributed by atoms with Gasteiger partial charge in [-0.2, -0.15) is 0 Å². The fourth-order valence-electron chi connectivity index (χ4n) is 1.19. The van der Waals surface area contributed by atoms with Gasteiger partial charge in [0.15, 0.2) is 0 Å². The van der Waals surface area contributed by atoms with Crippen LogP contribution in [0.15, 0.2) is 18.2 Å². The Hall–Kier alpha value is -0.200. The van der Waals surface area contributed by atoms with Gasteiger partial charge in [-0.05, 0) is 30.7 Å². The minimum atomic E-state index is 0.694. The normalized spacial score (nSPS) is 9.40. The van der Waals surface area contributed by atoms with Crippen LogP contribution in [0.5, 0.6) is 0 Å². The third kappa shape index (κ3) is 8.77. The second kappa shape index (κ2) is 9.06. The van der Waals surface area contributed by atoms with Crippen molar-refractivity contribution in [3.8, 4) is 0 Å². The highest BCUT2D eigenvalue weighted by Crippen LogP contribution is 2.17. The summed E-state index contributed by atoms with van der Waals surface area (Å²) in [6.07, 6.45) is 5.54. The molecule has 0 saturated heterocycles. The van der Waals surface area contributed by atoms with E-state index in [0.29, 0.717) is 10.0 Å². The van der Waals surface area contributed by atoms with Crippen LogP contribution in [-0.2, 0) is 0 Å². The fourth-order valence-corrected chi connectivity index (χ4v) is 1.83. The zero-order chi connectivity index (χ0) is 11.7. The second-order valence-electron chi connectivity index (χ2n) is 3.65. The lowest BCUT2D eigenvalue weighted by atomic mass is 10.2. The van der Waals surface area contributed by atoms with Crippen LogP contribution in [0.2, 0.25) is 10.0 Å². The first kappa shape index (κ1) is 14.8. The van der Waals surface area contributed by atoms with Crippen molar-refractivity contribution in [2.45, 2.75) is 46.5 Å².